The van der Waals surface area contributed by atoms with E-state index in [2.05, 4.69) is 10.3 Å². The van der Waals surface area contributed by atoms with Gasteiger partial charge in [0.15, 0.2) is 0 Å². The zero-order valence-corrected chi connectivity index (χ0v) is 8.72. The van der Waals surface area contributed by atoms with Gasteiger partial charge in [0.1, 0.15) is 5.82 Å². The third-order valence-electron chi connectivity index (χ3n) is 1.88. The summed E-state index contributed by atoms with van der Waals surface area (Å²) in [5.74, 6) is -0.337. The van der Waals surface area contributed by atoms with Gasteiger partial charge in [-0.15, -0.1) is 11.3 Å². The zero-order valence-electron chi connectivity index (χ0n) is 7.90. The van der Waals surface area contributed by atoms with Gasteiger partial charge in [-0.2, -0.15) is 0 Å². The van der Waals surface area contributed by atoms with Crippen molar-refractivity contribution in [3.63, 3.8) is 0 Å². The minimum atomic E-state index is -0.337. The lowest BCUT2D eigenvalue weighted by Crippen LogP contribution is -2.00. The van der Waals surface area contributed by atoms with E-state index in [4.69, 9.17) is 5.73 Å². The van der Waals surface area contributed by atoms with E-state index in [-0.39, 0.29) is 5.82 Å². The molecule has 2 aromatic rings. The Labute approximate surface area is 90.8 Å². The molecule has 0 saturated carbocycles. The van der Waals surface area contributed by atoms with Crippen LogP contribution in [0.1, 0.15) is 5.69 Å². The molecule has 0 fully saturated rings. The Bertz CT molecular complexity index is 422. The maximum Gasteiger partial charge on any atom is 0.127 e. The molecular formula is C10H10FN3S. The van der Waals surface area contributed by atoms with E-state index in [1.54, 1.807) is 11.6 Å². The molecule has 0 aliphatic heterocycles. The summed E-state index contributed by atoms with van der Waals surface area (Å²) in [5.41, 5.74) is 9.29. The zero-order chi connectivity index (χ0) is 10.7. The molecule has 3 nitrogen and oxygen atoms in total. The summed E-state index contributed by atoms with van der Waals surface area (Å²) in [5, 5.41) is 4.99. The highest BCUT2D eigenvalue weighted by Crippen LogP contribution is 2.16. The predicted molar refractivity (Wildman–Crippen MR) is 60.3 cm³/mol. The molecule has 2 rings (SSSR count). The predicted octanol–water partition coefficient (Wildman–Crippen LogP) is 2.48. The van der Waals surface area contributed by atoms with Crippen molar-refractivity contribution in [2.24, 2.45) is 0 Å². The molecule has 0 unspecified atom stereocenters. The van der Waals surface area contributed by atoms with Crippen LogP contribution in [-0.4, -0.2) is 4.98 Å². The Morgan fingerprint density at radius 2 is 2.27 bits per heavy atom. The number of rotatable bonds is 3. The standard InChI is InChI=1S/C10H10FN3S/c11-7-1-8(12)3-9(2-7)13-4-10-5-15-6-14-10/h1-3,5-6,13H,4,12H2. The maximum atomic E-state index is 13.0. The lowest BCUT2D eigenvalue weighted by atomic mass is 10.2. The molecule has 15 heavy (non-hydrogen) atoms. The second kappa shape index (κ2) is 4.27. The minimum absolute atomic E-state index is 0.337. The molecule has 0 radical (unpaired) electrons. The molecule has 1 heterocycles. The van der Waals surface area contributed by atoms with Crippen molar-refractivity contribution in [3.8, 4) is 0 Å². The van der Waals surface area contributed by atoms with Gasteiger partial charge in [-0.05, 0) is 18.2 Å². The topological polar surface area (TPSA) is 50.9 Å². The second-order valence-electron chi connectivity index (χ2n) is 3.11. The van der Waals surface area contributed by atoms with Crippen LogP contribution in [0.15, 0.2) is 29.1 Å². The van der Waals surface area contributed by atoms with Gasteiger partial charge >= 0.3 is 0 Å². The molecule has 1 aromatic heterocycles. The van der Waals surface area contributed by atoms with E-state index in [9.17, 15) is 4.39 Å². The first-order valence-electron chi connectivity index (χ1n) is 4.41. The summed E-state index contributed by atoms with van der Waals surface area (Å²) in [6, 6.07) is 4.38. The maximum absolute atomic E-state index is 13.0. The third-order valence-corrected chi connectivity index (χ3v) is 2.51. The highest BCUT2D eigenvalue weighted by Gasteiger charge is 1.99. The van der Waals surface area contributed by atoms with Gasteiger partial charge in [-0.3, -0.25) is 0 Å². The fourth-order valence-electron chi connectivity index (χ4n) is 1.23. The molecule has 0 aliphatic carbocycles. The third kappa shape index (κ3) is 2.66. The summed E-state index contributed by atoms with van der Waals surface area (Å²) < 4.78 is 13.0. The Morgan fingerprint density at radius 1 is 1.40 bits per heavy atom. The first-order valence-corrected chi connectivity index (χ1v) is 5.35. The fourth-order valence-corrected chi connectivity index (χ4v) is 1.79. The lowest BCUT2D eigenvalue weighted by Gasteiger charge is -2.05. The molecule has 0 amide bonds. The lowest BCUT2D eigenvalue weighted by molar-refractivity contribution is 0.629. The quantitative estimate of drug-likeness (QED) is 0.786. The van der Waals surface area contributed by atoms with Crippen LogP contribution in [0.3, 0.4) is 0 Å². The van der Waals surface area contributed by atoms with Crippen LogP contribution in [0.2, 0.25) is 0 Å². The average Bonchev–Trinajstić information content (AvgIpc) is 2.65. The molecule has 78 valence electrons. The number of nitrogens with one attached hydrogen (secondary N) is 1. The largest absolute Gasteiger partial charge is 0.399 e. The van der Waals surface area contributed by atoms with Crippen LogP contribution in [-0.2, 0) is 6.54 Å². The van der Waals surface area contributed by atoms with Crippen LogP contribution in [0.5, 0.6) is 0 Å². The summed E-state index contributed by atoms with van der Waals surface area (Å²) in [7, 11) is 0. The van der Waals surface area contributed by atoms with Crippen molar-refractivity contribution in [1.29, 1.82) is 0 Å². The van der Waals surface area contributed by atoms with Gasteiger partial charge < -0.3 is 11.1 Å². The summed E-state index contributed by atoms with van der Waals surface area (Å²) in [4.78, 5) is 4.11. The molecule has 0 saturated heterocycles. The Hall–Kier alpha value is -1.62. The van der Waals surface area contributed by atoms with E-state index in [0.29, 0.717) is 17.9 Å². The molecule has 1 aromatic carbocycles. The van der Waals surface area contributed by atoms with Crippen molar-refractivity contribution in [2.75, 3.05) is 11.1 Å². The van der Waals surface area contributed by atoms with Crippen molar-refractivity contribution >= 4 is 22.7 Å². The number of thiazole rings is 1. The fraction of sp³-hybridized carbons (Fsp3) is 0.100. The van der Waals surface area contributed by atoms with Crippen molar-refractivity contribution < 1.29 is 4.39 Å². The first kappa shape index (κ1) is 9.92. The number of halogens is 1. The van der Waals surface area contributed by atoms with E-state index < -0.39 is 0 Å². The Morgan fingerprint density at radius 3 is 2.93 bits per heavy atom. The second-order valence-corrected chi connectivity index (χ2v) is 3.83. The van der Waals surface area contributed by atoms with Gasteiger partial charge in [0.2, 0.25) is 0 Å². The van der Waals surface area contributed by atoms with Crippen molar-refractivity contribution in [3.05, 3.63) is 40.6 Å². The van der Waals surface area contributed by atoms with E-state index in [1.807, 2.05) is 5.38 Å². The molecule has 0 atom stereocenters. The number of nitrogen functional groups attached to an aromatic ring is 1. The van der Waals surface area contributed by atoms with Gasteiger partial charge in [0.05, 0.1) is 17.7 Å². The number of nitrogens with zero attached hydrogens (tertiary/aromatic N) is 1. The number of hydrogen-bond donors (Lipinski definition) is 2. The molecule has 3 N–H and O–H groups in total. The number of anilines is 2. The van der Waals surface area contributed by atoms with Crippen molar-refractivity contribution in [1.82, 2.24) is 4.98 Å². The Balaban J connectivity index is 2.05. The SMILES string of the molecule is Nc1cc(F)cc(NCc2cscn2)c1. The first-order chi connectivity index (χ1) is 7.24. The highest BCUT2D eigenvalue weighted by molar-refractivity contribution is 7.07. The number of hydrogen-bond acceptors (Lipinski definition) is 4. The van der Waals surface area contributed by atoms with Gasteiger partial charge in [0, 0.05) is 16.8 Å². The Kier molecular flexibility index (Phi) is 2.82. The van der Waals surface area contributed by atoms with Crippen LogP contribution >= 0.6 is 11.3 Å². The van der Waals surface area contributed by atoms with Crippen LogP contribution in [0.25, 0.3) is 0 Å². The van der Waals surface area contributed by atoms with Gasteiger partial charge in [-0.1, -0.05) is 0 Å². The van der Waals surface area contributed by atoms with Crippen LogP contribution in [0, 0.1) is 5.82 Å². The van der Waals surface area contributed by atoms with Gasteiger partial charge in [0.25, 0.3) is 0 Å². The summed E-state index contributed by atoms with van der Waals surface area (Å²) >= 11 is 1.53. The number of benzene rings is 1. The average molecular weight is 223 g/mol. The minimum Gasteiger partial charge on any atom is -0.399 e. The molecule has 5 heteroatoms. The summed E-state index contributed by atoms with van der Waals surface area (Å²) in [6.45, 7) is 0.576. The monoisotopic (exact) mass is 223 g/mol. The molecular weight excluding hydrogens is 213 g/mol. The highest BCUT2D eigenvalue weighted by atomic mass is 32.1. The number of nitrogens with two attached hydrogens (primary N) is 1. The van der Waals surface area contributed by atoms with E-state index in [1.165, 1.54) is 23.5 Å². The molecule has 0 bridgehead atoms. The van der Waals surface area contributed by atoms with Crippen LogP contribution < -0.4 is 11.1 Å². The smallest absolute Gasteiger partial charge is 0.127 e. The van der Waals surface area contributed by atoms with Crippen LogP contribution in [0.4, 0.5) is 15.8 Å². The summed E-state index contributed by atoms with van der Waals surface area (Å²) in [6.07, 6.45) is 0. The molecule has 0 spiro atoms. The van der Waals surface area contributed by atoms with Crippen molar-refractivity contribution in [2.45, 2.75) is 6.54 Å². The van der Waals surface area contributed by atoms with E-state index >= 15 is 0 Å². The number of aromatic nitrogens is 1. The van der Waals surface area contributed by atoms with E-state index in [0.717, 1.165) is 5.69 Å². The van der Waals surface area contributed by atoms with Gasteiger partial charge in [-0.25, -0.2) is 9.37 Å². The molecule has 0 aliphatic rings. The normalized spacial score (nSPS) is 10.2.